The summed E-state index contributed by atoms with van der Waals surface area (Å²) in [7, 11) is -3.94. The minimum atomic E-state index is -2.49. The standard InChI is InChI=1S/C34H65B3O6Si/c1-24(2)44(25(3)4,26(5)6)34(36-40-30(12,13)31(14,15)41-36,37-42-32(16,17)33(18,19)43-37)22-20-21-27(7)23-35-38-28(8,9)29(10,11)39-35/h20,22-26H,21H2,1-19H3/b22-20+,27-23+. The predicted molar refractivity (Wildman–Crippen MR) is 190 cm³/mol. The second kappa shape index (κ2) is 12.0. The maximum atomic E-state index is 7.09. The monoisotopic (exact) mass is 630 g/mol. The summed E-state index contributed by atoms with van der Waals surface area (Å²) < 4.78 is 40.9. The summed E-state index contributed by atoms with van der Waals surface area (Å²) in [5.74, 6) is 2.12. The van der Waals surface area contributed by atoms with Crippen LogP contribution >= 0.6 is 0 Å². The van der Waals surface area contributed by atoms with Crippen molar-refractivity contribution in [1.82, 2.24) is 0 Å². The first-order valence-corrected chi connectivity index (χ1v) is 19.3. The molecule has 0 aromatic carbocycles. The van der Waals surface area contributed by atoms with E-state index in [1.54, 1.807) is 0 Å². The van der Waals surface area contributed by atoms with Crippen molar-refractivity contribution in [2.45, 2.75) is 193 Å². The van der Waals surface area contributed by atoms with E-state index in [9.17, 15) is 0 Å². The van der Waals surface area contributed by atoms with Crippen LogP contribution in [-0.2, 0) is 27.9 Å². The Morgan fingerprint density at radius 2 is 0.864 bits per heavy atom. The zero-order chi connectivity index (χ0) is 34.1. The summed E-state index contributed by atoms with van der Waals surface area (Å²) in [6.45, 7) is 42.1. The minimum absolute atomic E-state index is 0.371. The number of hydrogen-bond acceptors (Lipinski definition) is 6. The molecule has 0 saturated carbocycles. The fourth-order valence-electron chi connectivity index (χ4n) is 8.09. The maximum Gasteiger partial charge on any atom is 0.487 e. The van der Waals surface area contributed by atoms with Crippen LogP contribution in [0.4, 0.5) is 0 Å². The second-order valence-electron chi connectivity index (χ2n) is 17.8. The van der Waals surface area contributed by atoms with Crippen molar-refractivity contribution >= 4 is 29.4 Å². The lowest BCUT2D eigenvalue weighted by Crippen LogP contribution is -2.67. The van der Waals surface area contributed by atoms with Crippen molar-refractivity contribution in [1.29, 1.82) is 0 Å². The highest BCUT2D eigenvalue weighted by atomic mass is 28.3. The van der Waals surface area contributed by atoms with Gasteiger partial charge in [-0.1, -0.05) is 81.9 Å². The Kier molecular flexibility index (Phi) is 10.4. The molecule has 3 saturated heterocycles. The van der Waals surface area contributed by atoms with Gasteiger partial charge in [-0.05, 0) is 96.4 Å². The van der Waals surface area contributed by atoms with Crippen molar-refractivity contribution < 1.29 is 27.9 Å². The summed E-state index contributed by atoms with van der Waals surface area (Å²) in [5, 5.41) is 0. The van der Waals surface area contributed by atoms with Crippen LogP contribution in [-0.4, -0.2) is 63.0 Å². The maximum absolute atomic E-state index is 7.09. The van der Waals surface area contributed by atoms with Crippen molar-refractivity contribution in [3.63, 3.8) is 0 Å². The molecule has 250 valence electrons. The van der Waals surface area contributed by atoms with Gasteiger partial charge < -0.3 is 27.9 Å². The number of hydrogen-bond donors (Lipinski definition) is 0. The Morgan fingerprint density at radius 3 is 1.16 bits per heavy atom. The van der Waals surface area contributed by atoms with E-state index in [0.717, 1.165) is 6.42 Å². The molecule has 3 rings (SSSR count). The molecule has 0 amide bonds. The average Bonchev–Trinajstić information content (AvgIpc) is 3.25. The molecule has 0 aromatic heterocycles. The van der Waals surface area contributed by atoms with E-state index in [4.69, 9.17) is 27.9 Å². The van der Waals surface area contributed by atoms with E-state index >= 15 is 0 Å². The first kappa shape index (κ1) is 38.1. The van der Waals surface area contributed by atoms with Crippen molar-refractivity contribution in [2.75, 3.05) is 0 Å². The van der Waals surface area contributed by atoms with E-state index in [1.807, 2.05) is 0 Å². The zero-order valence-corrected chi connectivity index (χ0v) is 32.9. The van der Waals surface area contributed by atoms with Gasteiger partial charge in [0.2, 0.25) is 0 Å². The van der Waals surface area contributed by atoms with E-state index in [0.29, 0.717) is 16.6 Å². The molecule has 3 fully saturated rings. The van der Waals surface area contributed by atoms with Gasteiger partial charge in [0, 0.05) is 0 Å². The van der Waals surface area contributed by atoms with Gasteiger partial charge in [-0.15, -0.1) is 0 Å². The molecule has 3 aliphatic heterocycles. The van der Waals surface area contributed by atoms with E-state index in [-0.39, 0.29) is 18.3 Å². The van der Waals surface area contributed by atoms with Crippen LogP contribution in [0.5, 0.6) is 0 Å². The second-order valence-corrected chi connectivity index (χ2v) is 23.9. The van der Waals surface area contributed by atoms with Gasteiger partial charge in [0.25, 0.3) is 0 Å². The van der Waals surface area contributed by atoms with Crippen LogP contribution in [0.25, 0.3) is 0 Å². The van der Waals surface area contributed by atoms with E-state index < -0.39 is 49.6 Å². The van der Waals surface area contributed by atoms with E-state index in [1.165, 1.54) is 5.57 Å². The largest absolute Gasteiger partial charge is 0.487 e. The topological polar surface area (TPSA) is 55.4 Å². The third-order valence-corrected chi connectivity index (χ3v) is 20.3. The van der Waals surface area contributed by atoms with Gasteiger partial charge >= 0.3 is 21.4 Å². The molecule has 0 N–H and O–H groups in total. The molecule has 3 heterocycles. The fraction of sp³-hybridized carbons (Fsp3) is 0.882. The highest BCUT2D eigenvalue weighted by molar-refractivity contribution is 7.05. The van der Waals surface area contributed by atoms with Crippen molar-refractivity contribution in [3.05, 3.63) is 23.7 Å². The lowest BCUT2D eigenvalue weighted by Gasteiger charge is -2.56. The van der Waals surface area contributed by atoms with Crippen LogP contribution in [0.15, 0.2) is 23.7 Å². The molecule has 3 aliphatic rings. The summed E-state index contributed by atoms with van der Waals surface area (Å²) in [5.41, 5.74) is -0.382. The number of allylic oxidation sites excluding steroid dienone is 3. The average molecular weight is 630 g/mol. The molecule has 0 unspecified atom stereocenters. The van der Waals surface area contributed by atoms with Gasteiger partial charge in [-0.3, -0.25) is 0 Å². The van der Waals surface area contributed by atoms with Crippen LogP contribution in [0.1, 0.15) is 138 Å². The molecule has 0 aromatic rings. The first-order chi connectivity index (χ1) is 19.6. The molecule has 0 atom stereocenters. The molecule has 0 aliphatic carbocycles. The molecule has 6 nitrogen and oxygen atoms in total. The van der Waals surface area contributed by atoms with Crippen molar-refractivity contribution in [2.24, 2.45) is 0 Å². The Labute approximate surface area is 273 Å². The Morgan fingerprint density at radius 1 is 0.568 bits per heavy atom. The third kappa shape index (κ3) is 6.05. The SMILES string of the molecule is C/C(=C\B1OC(C)(C)C(C)(C)O1)C/C=C/C(B1OC(C)(C)C(C)(C)O1)(B1OC(C)(C)C(C)(C)O1)[Si](C(C)C)(C(C)C)C(C)C. The van der Waals surface area contributed by atoms with Gasteiger partial charge in [0.05, 0.1) is 46.5 Å². The third-order valence-electron chi connectivity index (χ3n) is 12.4. The van der Waals surface area contributed by atoms with Crippen LogP contribution < -0.4 is 0 Å². The quantitative estimate of drug-likeness (QED) is 0.177. The summed E-state index contributed by atoms with van der Waals surface area (Å²) in [4.78, 5) is -0.649. The molecular formula is C34H65B3O6Si. The van der Waals surface area contributed by atoms with Crippen LogP contribution in [0, 0.1) is 0 Å². The fourth-order valence-corrected chi connectivity index (χ4v) is 16.6. The van der Waals surface area contributed by atoms with Crippen LogP contribution in [0.2, 0.25) is 21.5 Å². The highest BCUT2D eigenvalue weighted by Crippen LogP contribution is 2.65. The molecule has 10 heteroatoms. The highest BCUT2D eigenvalue weighted by Gasteiger charge is 2.76. The molecule has 0 spiro atoms. The van der Waals surface area contributed by atoms with Gasteiger partial charge in [-0.25, -0.2) is 0 Å². The minimum Gasteiger partial charge on any atom is -0.403 e. The molecule has 0 bridgehead atoms. The van der Waals surface area contributed by atoms with Crippen molar-refractivity contribution in [3.8, 4) is 0 Å². The summed E-state index contributed by atoms with van der Waals surface area (Å²) in [6, 6.07) is 0. The summed E-state index contributed by atoms with van der Waals surface area (Å²) in [6.07, 6.45) is 5.46. The van der Waals surface area contributed by atoms with E-state index in [2.05, 4.69) is 150 Å². The molecule has 0 radical (unpaired) electrons. The Hall–Kier alpha value is -0.348. The lowest BCUT2D eigenvalue weighted by atomic mass is 9.50. The van der Waals surface area contributed by atoms with Gasteiger partial charge in [0.15, 0.2) is 0 Å². The van der Waals surface area contributed by atoms with Crippen LogP contribution in [0.3, 0.4) is 0 Å². The molecule has 44 heavy (non-hydrogen) atoms. The Bertz CT molecular complexity index is 1000. The van der Waals surface area contributed by atoms with Gasteiger partial charge in [-0.2, -0.15) is 0 Å². The smallest absolute Gasteiger partial charge is 0.403 e. The number of rotatable bonds is 10. The molecular weight excluding hydrogens is 565 g/mol. The first-order valence-electron chi connectivity index (χ1n) is 17.1. The lowest BCUT2D eigenvalue weighted by molar-refractivity contribution is 0.00578. The van der Waals surface area contributed by atoms with Gasteiger partial charge in [0.1, 0.15) is 0 Å². The zero-order valence-electron chi connectivity index (χ0n) is 31.9. The normalized spacial score (nSPS) is 26.3. The summed E-state index contributed by atoms with van der Waals surface area (Å²) >= 11 is 0. The Balaban J connectivity index is 2.25. The predicted octanol–water partition coefficient (Wildman–Crippen LogP) is 9.19.